The fourth-order valence-electron chi connectivity index (χ4n) is 4.22. The van der Waals surface area contributed by atoms with E-state index >= 15 is 0 Å². The third-order valence-electron chi connectivity index (χ3n) is 6.00. The molecule has 202 valence electrons. The molecule has 0 spiro atoms. The van der Waals surface area contributed by atoms with E-state index < -0.39 is 52.6 Å². The largest absolute Gasteiger partial charge is 0.416 e. The van der Waals surface area contributed by atoms with E-state index in [1.807, 2.05) is 0 Å². The fourth-order valence-corrected chi connectivity index (χ4v) is 7.86. The zero-order chi connectivity index (χ0) is 27.2. The molecule has 1 aromatic carbocycles. The van der Waals surface area contributed by atoms with Crippen LogP contribution in [0.4, 0.5) is 13.2 Å². The van der Waals surface area contributed by atoms with Crippen molar-refractivity contribution in [3.05, 3.63) is 41.6 Å². The van der Waals surface area contributed by atoms with Gasteiger partial charge in [0, 0.05) is 19.8 Å². The Bertz CT molecular complexity index is 1310. The maximum Gasteiger partial charge on any atom is 0.416 e. The lowest BCUT2D eigenvalue weighted by Crippen LogP contribution is -2.42. The van der Waals surface area contributed by atoms with Gasteiger partial charge in [0.05, 0.1) is 26.7 Å². The lowest BCUT2D eigenvalue weighted by atomic mass is 9.95. The monoisotopic (exact) mass is 552 g/mol. The molecule has 2 aromatic rings. The van der Waals surface area contributed by atoms with Crippen LogP contribution in [0.2, 0.25) is 0 Å². The van der Waals surface area contributed by atoms with Gasteiger partial charge in [-0.25, -0.2) is 21.5 Å². The Labute approximate surface area is 209 Å². The highest BCUT2D eigenvalue weighted by Gasteiger charge is 2.46. The molecule has 1 fully saturated rings. The van der Waals surface area contributed by atoms with E-state index in [4.69, 9.17) is 9.47 Å². The van der Waals surface area contributed by atoms with Crippen molar-refractivity contribution in [3.63, 3.8) is 0 Å². The number of hydrogen-bond acceptors (Lipinski definition) is 7. The second-order valence-corrected chi connectivity index (χ2v) is 14.8. The number of nitrogens with zero attached hydrogens (tertiary/aromatic N) is 2. The van der Waals surface area contributed by atoms with Crippen molar-refractivity contribution in [3.8, 4) is 0 Å². The molecule has 1 saturated heterocycles. The Kier molecular flexibility index (Phi) is 7.73. The number of hydrogen-bond donors (Lipinski definition) is 0. The van der Waals surface area contributed by atoms with E-state index in [1.54, 1.807) is 20.8 Å². The van der Waals surface area contributed by atoms with E-state index in [1.165, 1.54) is 24.8 Å². The maximum atomic E-state index is 13.5. The molecule has 1 aliphatic rings. The lowest BCUT2D eigenvalue weighted by Gasteiger charge is -2.37. The van der Waals surface area contributed by atoms with Crippen molar-refractivity contribution in [1.82, 2.24) is 9.78 Å². The van der Waals surface area contributed by atoms with Crippen molar-refractivity contribution in [2.75, 3.05) is 19.5 Å². The van der Waals surface area contributed by atoms with Gasteiger partial charge in [-0.2, -0.15) is 18.3 Å². The van der Waals surface area contributed by atoms with Gasteiger partial charge in [0.2, 0.25) is 0 Å². The summed E-state index contributed by atoms with van der Waals surface area (Å²) in [7, 11) is -6.58. The maximum absolute atomic E-state index is 13.5. The number of rotatable bonds is 7. The van der Waals surface area contributed by atoms with E-state index in [0.717, 1.165) is 18.2 Å². The van der Waals surface area contributed by atoms with Gasteiger partial charge in [0.1, 0.15) is 12.8 Å². The number of sulfone groups is 2. The summed E-state index contributed by atoms with van der Waals surface area (Å²) in [5, 5.41) is 4.01. The van der Waals surface area contributed by atoms with Crippen molar-refractivity contribution < 1.29 is 39.5 Å². The van der Waals surface area contributed by atoms with Gasteiger partial charge >= 0.3 is 6.18 Å². The van der Waals surface area contributed by atoms with Crippen LogP contribution in [0, 0.1) is 5.41 Å². The molecule has 0 aliphatic carbocycles. The molecular weight excluding hydrogens is 521 g/mol. The molecule has 13 heteroatoms. The van der Waals surface area contributed by atoms with Crippen LogP contribution in [0.1, 0.15) is 57.9 Å². The van der Waals surface area contributed by atoms with Crippen LogP contribution in [0.15, 0.2) is 40.3 Å². The third-order valence-corrected chi connectivity index (χ3v) is 10.6. The Morgan fingerprint density at radius 2 is 1.83 bits per heavy atom. The number of benzene rings is 1. The molecule has 0 N–H and O–H groups in total. The molecule has 2 heterocycles. The van der Waals surface area contributed by atoms with Crippen molar-refractivity contribution in [2.24, 2.45) is 5.41 Å². The minimum Gasteiger partial charge on any atom is -0.372 e. The first kappa shape index (κ1) is 28.6. The molecule has 8 nitrogen and oxygen atoms in total. The first-order valence-corrected chi connectivity index (χ1v) is 14.4. The van der Waals surface area contributed by atoms with E-state index in [9.17, 15) is 30.0 Å². The molecule has 2 unspecified atom stereocenters. The van der Waals surface area contributed by atoms with Gasteiger partial charge in [-0.15, -0.1) is 0 Å². The number of ether oxygens (including phenoxy) is 2. The molecule has 1 aromatic heterocycles. The SMILES string of the molecule is COCn1nc(S(=O)(=O)CC(C)(C)C)cc1C1CC(C)(S(=O)(=O)c2cccc(C(F)(F)F)c2)CCO1. The predicted molar refractivity (Wildman–Crippen MR) is 126 cm³/mol. The second kappa shape index (κ2) is 9.73. The van der Waals surface area contributed by atoms with Crippen molar-refractivity contribution >= 4 is 19.7 Å². The van der Waals surface area contributed by atoms with Gasteiger partial charge in [-0.3, -0.25) is 0 Å². The average Bonchev–Trinajstić information content (AvgIpc) is 3.17. The highest BCUT2D eigenvalue weighted by atomic mass is 32.2. The summed E-state index contributed by atoms with van der Waals surface area (Å²) in [6.45, 7) is 6.72. The van der Waals surface area contributed by atoms with Crippen LogP contribution in [0.25, 0.3) is 0 Å². The van der Waals surface area contributed by atoms with Gasteiger partial charge in [0.15, 0.2) is 24.7 Å². The zero-order valence-electron chi connectivity index (χ0n) is 20.8. The summed E-state index contributed by atoms with van der Waals surface area (Å²) in [6, 6.07) is 5.02. The smallest absolute Gasteiger partial charge is 0.372 e. The van der Waals surface area contributed by atoms with Gasteiger partial charge in [-0.1, -0.05) is 26.8 Å². The summed E-state index contributed by atoms with van der Waals surface area (Å²) >= 11 is 0. The molecule has 1 aliphatic heterocycles. The molecule has 0 saturated carbocycles. The molecule has 3 rings (SSSR count). The summed E-state index contributed by atoms with van der Waals surface area (Å²) in [5.74, 6) is -0.156. The second-order valence-electron chi connectivity index (χ2n) is 10.4. The van der Waals surface area contributed by atoms with Crippen LogP contribution in [0.3, 0.4) is 0 Å². The van der Waals surface area contributed by atoms with Crippen molar-refractivity contribution in [2.45, 2.75) is 74.2 Å². The summed E-state index contributed by atoms with van der Waals surface area (Å²) in [4.78, 5) is -0.431. The quantitative estimate of drug-likeness (QED) is 0.501. The normalized spacial score (nSPS) is 22.1. The molecule has 2 atom stereocenters. The van der Waals surface area contributed by atoms with Crippen LogP contribution < -0.4 is 0 Å². The predicted octanol–water partition coefficient (Wildman–Crippen LogP) is 4.41. The topological polar surface area (TPSA) is 105 Å². The molecule has 0 bridgehead atoms. The third kappa shape index (κ3) is 5.95. The first-order valence-electron chi connectivity index (χ1n) is 11.2. The molecule has 36 heavy (non-hydrogen) atoms. The van der Waals surface area contributed by atoms with E-state index in [-0.39, 0.29) is 37.0 Å². The summed E-state index contributed by atoms with van der Waals surface area (Å²) < 4.78 is 103. The summed E-state index contributed by atoms with van der Waals surface area (Å²) in [5.41, 5.74) is -1.26. The number of aromatic nitrogens is 2. The molecular formula is C23H31F3N2O6S2. The average molecular weight is 553 g/mol. The van der Waals surface area contributed by atoms with Crippen molar-refractivity contribution in [1.29, 1.82) is 0 Å². The zero-order valence-corrected chi connectivity index (χ0v) is 22.4. The van der Waals surface area contributed by atoms with Crippen LogP contribution in [-0.4, -0.2) is 50.8 Å². The lowest BCUT2D eigenvalue weighted by molar-refractivity contribution is -0.137. The Morgan fingerprint density at radius 1 is 1.17 bits per heavy atom. The van der Waals surface area contributed by atoms with Gasteiger partial charge < -0.3 is 9.47 Å². The minimum atomic E-state index is -4.69. The highest BCUT2D eigenvalue weighted by Crippen LogP contribution is 2.43. The van der Waals surface area contributed by atoms with Crippen LogP contribution >= 0.6 is 0 Å². The highest BCUT2D eigenvalue weighted by molar-refractivity contribution is 7.92. The number of alkyl halides is 3. The minimum absolute atomic E-state index is 0.00158. The van der Waals surface area contributed by atoms with E-state index in [2.05, 4.69) is 5.10 Å². The summed E-state index contributed by atoms with van der Waals surface area (Å²) in [6.07, 6.45) is -5.62. The Morgan fingerprint density at radius 3 is 2.42 bits per heavy atom. The number of halogens is 3. The standard InChI is InChI=1S/C23H31F3N2O6S2/c1-21(2,3)14-35(29,30)20-12-18(28(27-20)15-33-5)19-13-22(4,9-10-34-19)36(31,32)17-8-6-7-16(11-17)23(24,25)26/h6-8,11-12,19H,9-10,13-15H2,1-5H3. The molecule has 0 radical (unpaired) electrons. The van der Waals surface area contributed by atoms with E-state index in [0.29, 0.717) is 11.8 Å². The van der Waals surface area contributed by atoms with Crippen LogP contribution in [-0.2, 0) is 42.1 Å². The van der Waals surface area contributed by atoms with Crippen LogP contribution in [0.5, 0.6) is 0 Å². The molecule has 0 amide bonds. The number of methoxy groups -OCH3 is 1. The fraction of sp³-hybridized carbons (Fsp3) is 0.609. The van der Waals surface area contributed by atoms with Gasteiger partial charge in [-0.05, 0) is 43.4 Å². The van der Waals surface area contributed by atoms with Gasteiger partial charge in [0.25, 0.3) is 0 Å². The first-order chi connectivity index (χ1) is 16.4. The Balaban J connectivity index is 2.00. The Hall–Kier alpha value is -1.96.